The van der Waals surface area contributed by atoms with Gasteiger partial charge in [0, 0.05) is 0 Å². The number of ether oxygens (including phenoxy) is 1. The molecule has 2 N–H and O–H groups in total. The van der Waals surface area contributed by atoms with Gasteiger partial charge in [-0.05, 0) is 86.2 Å². The van der Waals surface area contributed by atoms with Crippen LogP contribution < -0.4 is 16.0 Å². The first-order valence-electron chi connectivity index (χ1n) is 12.2. The summed E-state index contributed by atoms with van der Waals surface area (Å²) < 4.78 is 16.8. The molecule has 0 atom stereocenters. The van der Waals surface area contributed by atoms with E-state index >= 15 is 0 Å². The molecule has 2 aromatic heterocycles. The van der Waals surface area contributed by atoms with Gasteiger partial charge in [-0.1, -0.05) is 24.3 Å². The summed E-state index contributed by atoms with van der Waals surface area (Å²) in [6, 6.07) is 12.3. The molecule has 0 aliphatic heterocycles. The molecule has 3 aromatic carbocycles. The average molecular weight is 513 g/mol. The van der Waals surface area contributed by atoms with E-state index in [1.165, 1.54) is 0 Å². The highest BCUT2D eigenvalue weighted by Crippen LogP contribution is 2.43. The third-order valence-electron chi connectivity index (χ3n) is 7.02. The smallest absolute Gasteiger partial charge is 0.344 e. The average Bonchev–Trinajstić information content (AvgIpc) is 2.84. The molecule has 0 spiro atoms. The Balaban J connectivity index is 1.94. The fourth-order valence-electron chi connectivity index (χ4n) is 5.38. The predicted octanol–water partition coefficient (Wildman–Crippen LogP) is 6.04. The maximum absolute atomic E-state index is 13.5. The van der Waals surface area contributed by atoms with Crippen molar-refractivity contribution >= 4 is 21.9 Å². The van der Waals surface area contributed by atoms with Crippen LogP contribution >= 0.6 is 0 Å². The summed E-state index contributed by atoms with van der Waals surface area (Å²) >= 11 is 0. The number of aromatic hydroxyl groups is 2. The zero-order valence-corrected chi connectivity index (χ0v) is 22.1. The van der Waals surface area contributed by atoms with Crippen molar-refractivity contribution in [2.24, 2.45) is 0 Å². The highest BCUT2D eigenvalue weighted by Gasteiger charge is 2.33. The van der Waals surface area contributed by atoms with Gasteiger partial charge in [0.05, 0.1) is 34.9 Å². The molecule has 5 aromatic rings. The van der Waals surface area contributed by atoms with Crippen LogP contribution in [-0.4, -0.2) is 17.3 Å². The Hall–Kier alpha value is -4.52. The second-order valence-corrected chi connectivity index (χ2v) is 9.88. The fraction of sp³-hybridized carbons (Fsp3) is 0.226. The van der Waals surface area contributed by atoms with Gasteiger partial charge in [0.2, 0.25) is 0 Å². The van der Waals surface area contributed by atoms with Crippen molar-refractivity contribution in [3.63, 3.8) is 0 Å². The second-order valence-electron chi connectivity index (χ2n) is 9.88. The van der Waals surface area contributed by atoms with Crippen LogP contribution in [0.15, 0.2) is 60.9 Å². The Bertz CT molecular complexity index is 1760. The Kier molecular flexibility index (Phi) is 6.02. The Morgan fingerprint density at radius 2 is 1.16 bits per heavy atom. The van der Waals surface area contributed by atoms with Crippen molar-refractivity contribution in [3.05, 3.63) is 108 Å². The minimum atomic E-state index is -1.19. The minimum Gasteiger partial charge on any atom is -0.507 e. The molecule has 5 rings (SSSR count). The first-order valence-corrected chi connectivity index (χ1v) is 12.2. The highest BCUT2D eigenvalue weighted by molar-refractivity contribution is 5.90. The molecule has 0 unspecified atom stereocenters. The summed E-state index contributed by atoms with van der Waals surface area (Å²) in [5, 5.41) is 23.7. The topological polar surface area (TPSA) is 110 Å². The van der Waals surface area contributed by atoms with E-state index in [0.717, 1.165) is 16.7 Å². The Morgan fingerprint density at radius 3 is 1.58 bits per heavy atom. The van der Waals surface area contributed by atoms with Gasteiger partial charge < -0.3 is 23.8 Å². The van der Waals surface area contributed by atoms with Gasteiger partial charge in [-0.3, -0.25) is 0 Å². The van der Waals surface area contributed by atoms with Gasteiger partial charge in [-0.25, -0.2) is 9.59 Å². The zero-order valence-electron chi connectivity index (χ0n) is 22.1. The van der Waals surface area contributed by atoms with Crippen LogP contribution in [0.2, 0.25) is 0 Å². The summed E-state index contributed by atoms with van der Waals surface area (Å²) in [5.74, 6) is -1.22. The van der Waals surface area contributed by atoms with E-state index in [2.05, 4.69) is 0 Å². The van der Waals surface area contributed by atoms with E-state index in [1.54, 1.807) is 51.3 Å². The van der Waals surface area contributed by atoms with Gasteiger partial charge >= 0.3 is 11.3 Å². The maximum Gasteiger partial charge on any atom is 0.344 e. The van der Waals surface area contributed by atoms with Gasteiger partial charge in [-0.15, -0.1) is 0 Å². The number of aryl methyl sites for hydroxylation is 5. The van der Waals surface area contributed by atoms with Crippen molar-refractivity contribution in [2.45, 2.75) is 40.5 Å². The van der Waals surface area contributed by atoms with Crippen LogP contribution in [-0.2, 0) is 0 Å². The van der Waals surface area contributed by atoms with Crippen molar-refractivity contribution < 1.29 is 23.8 Å². The molecule has 0 saturated carbocycles. The maximum atomic E-state index is 13.5. The molecule has 38 heavy (non-hydrogen) atoms. The summed E-state index contributed by atoms with van der Waals surface area (Å²) in [4.78, 5) is 27.0. The Labute approximate surface area is 218 Å². The van der Waals surface area contributed by atoms with Crippen LogP contribution in [0.3, 0.4) is 0 Å². The summed E-state index contributed by atoms with van der Waals surface area (Å²) in [7, 11) is 1.54. The van der Waals surface area contributed by atoms with Crippen LogP contribution in [0.1, 0.15) is 50.4 Å². The zero-order chi connectivity index (χ0) is 27.5. The number of hydrogen-bond acceptors (Lipinski definition) is 7. The number of rotatable bonds is 4. The SMILES string of the molecule is COc1ccc(C(c2c(O)c3cc(C)cc(C)c3oc2=O)c2c(O)c3cc(C)cc(C)c3oc2=O)cc1C. The molecule has 7 heteroatoms. The molecule has 7 nitrogen and oxygen atoms in total. The van der Waals surface area contributed by atoms with Crippen molar-refractivity contribution in [1.29, 1.82) is 0 Å². The Morgan fingerprint density at radius 1 is 0.684 bits per heavy atom. The normalized spacial score (nSPS) is 11.6. The molecule has 0 aliphatic carbocycles. The molecule has 2 heterocycles. The number of benzene rings is 3. The van der Waals surface area contributed by atoms with Gasteiger partial charge in [0.15, 0.2) is 0 Å². The number of hydrogen-bond donors (Lipinski definition) is 2. The summed E-state index contributed by atoms with van der Waals surface area (Å²) in [6.45, 7) is 9.14. The fourth-order valence-corrected chi connectivity index (χ4v) is 5.38. The monoisotopic (exact) mass is 512 g/mol. The van der Waals surface area contributed by atoms with E-state index in [0.29, 0.717) is 33.2 Å². The largest absolute Gasteiger partial charge is 0.507 e. The van der Waals surface area contributed by atoms with Crippen LogP contribution in [0.25, 0.3) is 21.9 Å². The van der Waals surface area contributed by atoms with Gasteiger partial charge in [-0.2, -0.15) is 0 Å². The van der Waals surface area contributed by atoms with Crippen LogP contribution in [0, 0.1) is 34.6 Å². The molecular formula is C31H28O7. The molecule has 0 radical (unpaired) electrons. The quantitative estimate of drug-likeness (QED) is 0.282. The van der Waals surface area contributed by atoms with Gasteiger partial charge in [0.25, 0.3) is 0 Å². The standard InChI is InChI=1S/C31H28O7/c1-14-9-17(4)28-20(11-14)26(32)24(30(34)37-28)23(19-7-8-22(36-6)16(3)13-19)25-27(33)21-12-15(2)10-18(5)29(21)38-31(25)35/h7-13,23,32-33H,1-6H3. The van der Waals surface area contributed by atoms with Crippen molar-refractivity contribution in [2.75, 3.05) is 7.11 Å². The summed E-state index contributed by atoms with van der Waals surface area (Å²) in [6.07, 6.45) is 0. The van der Waals surface area contributed by atoms with Crippen LogP contribution in [0.5, 0.6) is 17.2 Å². The lowest BCUT2D eigenvalue weighted by molar-refractivity contribution is 0.411. The first kappa shape index (κ1) is 25.1. The summed E-state index contributed by atoms with van der Waals surface area (Å²) in [5.41, 5.74) is 2.85. The number of fused-ring (bicyclic) bond motifs is 2. The first-order chi connectivity index (χ1) is 18.0. The lowest BCUT2D eigenvalue weighted by atomic mass is 9.83. The lowest BCUT2D eigenvalue weighted by Gasteiger charge is -2.21. The molecule has 0 amide bonds. The second kappa shape index (κ2) is 9.10. The van der Waals surface area contributed by atoms with E-state index in [4.69, 9.17) is 13.6 Å². The minimum absolute atomic E-state index is 0.168. The predicted molar refractivity (Wildman–Crippen MR) is 146 cm³/mol. The van der Waals surface area contributed by atoms with E-state index in [1.807, 2.05) is 32.9 Å². The third kappa shape index (κ3) is 3.91. The van der Waals surface area contributed by atoms with E-state index < -0.39 is 17.2 Å². The number of methoxy groups -OCH3 is 1. The molecule has 0 bridgehead atoms. The van der Waals surface area contributed by atoms with Crippen molar-refractivity contribution in [3.8, 4) is 17.2 Å². The van der Waals surface area contributed by atoms with E-state index in [-0.39, 0.29) is 33.8 Å². The molecular weight excluding hydrogens is 484 g/mol. The molecule has 0 aliphatic rings. The molecule has 194 valence electrons. The van der Waals surface area contributed by atoms with E-state index in [9.17, 15) is 19.8 Å². The lowest BCUT2D eigenvalue weighted by Crippen LogP contribution is -2.21. The third-order valence-corrected chi connectivity index (χ3v) is 7.02. The van der Waals surface area contributed by atoms with Crippen molar-refractivity contribution in [1.82, 2.24) is 0 Å². The molecule has 0 fully saturated rings. The molecule has 0 saturated heterocycles. The van der Waals surface area contributed by atoms with Gasteiger partial charge in [0.1, 0.15) is 28.4 Å². The van der Waals surface area contributed by atoms with Crippen LogP contribution in [0.4, 0.5) is 0 Å². The highest BCUT2D eigenvalue weighted by atomic mass is 16.5.